The van der Waals surface area contributed by atoms with Gasteiger partial charge < -0.3 is 33.8 Å². The van der Waals surface area contributed by atoms with Crippen LogP contribution in [0.15, 0.2) is 0 Å². The summed E-state index contributed by atoms with van der Waals surface area (Å²) in [6.07, 6.45) is 40.2. The van der Waals surface area contributed by atoms with E-state index >= 15 is 0 Å². The van der Waals surface area contributed by atoms with Crippen molar-refractivity contribution in [3.05, 3.63) is 0 Å². The molecular weight excluding hydrogens is 1110 g/mol. The summed E-state index contributed by atoms with van der Waals surface area (Å²) in [5.74, 6) is -0.587. The predicted molar refractivity (Wildman–Crippen MR) is 335 cm³/mol. The fourth-order valence-corrected chi connectivity index (χ4v) is 11.2. The average Bonchev–Trinajstić information content (AvgIpc) is 3.61. The van der Waals surface area contributed by atoms with E-state index in [1.54, 1.807) is 0 Å². The van der Waals surface area contributed by atoms with Gasteiger partial charge in [-0.25, -0.2) is 9.13 Å². The van der Waals surface area contributed by atoms with E-state index in [1.165, 1.54) is 135 Å². The third kappa shape index (κ3) is 56.6. The molecule has 0 rings (SSSR count). The van der Waals surface area contributed by atoms with E-state index < -0.39 is 97.5 Å². The van der Waals surface area contributed by atoms with Crippen molar-refractivity contribution in [1.29, 1.82) is 0 Å². The van der Waals surface area contributed by atoms with Gasteiger partial charge in [0.2, 0.25) is 0 Å². The van der Waals surface area contributed by atoms with Crippen LogP contribution < -0.4 is 0 Å². The highest BCUT2D eigenvalue weighted by Crippen LogP contribution is 2.45. The number of phosphoric acid groups is 2. The normalized spacial score (nSPS) is 14.9. The van der Waals surface area contributed by atoms with Crippen LogP contribution >= 0.6 is 15.6 Å². The van der Waals surface area contributed by atoms with E-state index in [9.17, 15) is 43.2 Å². The summed E-state index contributed by atoms with van der Waals surface area (Å²) in [7, 11) is -9.89. The summed E-state index contributed by atoms with van der Waals surface area (Å²) in [4.78, 5) is 72.2. The first-order chi connectivity index (χ1) is 40.4. The number of ether oxygens (including phenoxy) is 4. The van der Waals surface area contributed by atoms with Crippen molar-refractivity contribution >= 4 is 39.5 Å². The first-order valence-corrected chi connectivity index (χ1v) is 37.1. The Balaban J connectivity index is 5.25. The van der Waals surface area contributed by atoms with Gasteiger partial charge in [0.1, 0.15) is 19.3 Å². The Labute approximate surface area is 511 Å². The molecule has 0 radical (unpaired) electrons. The second-order valence-corrected chi connectivity index (χ2v) is 26.9. The fraction of sp³-hybridized carbons (Fsp3) is 0.938. The number of aliphatic hydroxyl groups is 1. The number of unbranched alkanes of at least 4 members (excludes halogenated alkanes) is 32. The van der Waals surface area contributed by atoms with Gasteiger partial charge in [0.25, 0.3) is 0 Å². The van der Waals surface area contributed by atoms with Crippen molar-refractivity contribution in [2.75, 3.05) is 39.6 Å². The Kier molecular flexibility index (Phi) is 56.2. The van der Waals surface area contributed by atoms with Crippen molar-refractivity contribution in [3.63, 3.8) is 0 Å². The van der Waals surface area contributed by atoms with Gasteiger partial charge in [0.15, 0.2) is 12.2 Å². The molecule has 0 aromatic carbocycles. The first kappa shape index (κ1) is 82.1. The Morgan fingerprint density at radius 1 is 0.333 bits per heavy atom. The lowest BCUT2D eigenvalue weighted by Gasteiger charge is -2.21. The van der Waals surface area contributed by atoms with Crippen LogP contribution in [0.4, 0.5) is 0 Å². The molecule has 0 aliphatic heterocycles. The summed E-state index contributed by atoms with van der Waals surface area (Å²) in [6.45, 7) is 9.48. The molecule has 0 amide bonds. The average molecular weight is 1240 g/mol. The molecule has 17 nitrogen and oxygen atoms in total. The smallest absolute Gasteiger partial charge is 0.462 e. The summed E-state index contributed by atoms with van der Waals surface area (Å²) >= 11 is 0. The minimum Gasteiger partial charge on any atom is -0.462 e. The van der Waals surface area contributed by atoms with E-state index in [1.807, 2.05) is 0 Å². The quantitative estimate of drug-likeness (QED) is 0.0222. The maximum Gasteiger partial charge on any atom is 0.472 e. The molecule has 0 saturated carbocycles. The minimum absolute atomic E-state index is 0.104. The maximum atomic E-state index is 13.0. The molecule has 0 fully saturated rings. The highest BCUT2D eigenvalue weighted by Gasteiger charge is 2.30. The minimum atomic E-state index is -4.95. The van der Waals surface area contributed by atoms with Crippen LogP contribution in [0, 0.1) is 11.8 Å². The molecule has 0 spiro atoms. The molecule has 0 aromatic rings. The van der Waals surface area contributed by atoms with Gasteiger partial charge in [-0.15, -0.1) is 0 Å². The molecule has 0 aromatic heterocycles. The second-order valence-electron chi connectivity index (χ2n) is 24.0. The van der Waals surface area contributed by atoms with E-state index in [0.29, 0.717) is 25.7 Å². The Morgan fingerprint density at radius 2 is 0.571 bits per heavy atom. The lowest BCUT2D eigenvalue weighted by Crippen LogP contribution is -2.30. The Morgan fingerprint density at radius 3 is 0.845 bits per heavy atom. The molecule has 0 aliphatic carbocycles. The third-order valence-electron chi connectivity index (χ3n) is 15.7. The molecule has 0 saturated heterocycles. The summed E-state index contributed by atoms with van der Waals surface area (Å²) in [5.41, 5.74) is 0. The summed E-state index contributed by atoms with van der Waals surface area (Å²) in [6, 6.07) is 0. The fourth-order valence-electron chi connectivity index (χ4n) is 9.64. The van der Waals surface area contributed by atoms with Crippen LogP contribution in [0.1, 0.15) is 324 Å². The molecule has 84 heavy (non-hydrogen) atoms. The van der Waals surface area contributed by atoms with Gasteiger partial charge in [0, 0.05) is 25.7 Å². The van der Waals surface area contributed by atoms with E-state index in [2.05, 4.69) is 41.5 Å². The second kappa shape index (κ2) is 57.5. The largest absolute Gasteiger partial charge is 0.472 e. The van der Waals surface area contributed by atoms with Crippen LogP contribution in [0.2, 0.25) is 0 Å². The Hall–Kier alpha value is -1.94. The van der Waals surface area contributed by atoms with Crippen LogP contribution in [0.3, 0.4) is 0 Å². The molecule has 7 atom stereocenters. The topological polar surface area (TPSA) is 237 Å². The highest BCUT2D eigenvalue weighted by atomic mass is 31.2. The molecule has 3 N–H and O–H groups in total. The number of hydrogen-bond donors (Lipinski definition) is 3. The molecule has 19 heteroatoms. The number of phosphoric ester groups is 2. The van der Waals surface area contributed by atoms with Crippen LogP contribution in [-0.4, -0.2) is 96.7 Å². The number of carbonyl (C=O) groups is 4. The van der Waals surface area contributed by atoms with Crippen molar-refractivity contribution in [3.8, 4) is 0 Å². The van der Waals surface area contributed by atoms with Gasteiger partial charge >= 0.3 is 39.5 Å². The van der Waals surface area contributed by atoms with E-state index in [4.69, 9.17) is 37.0 Å². The van der Waals surface area contributed by atoms with Crippen molar-refractivity contribution in [2.45, 2.75) is 342 Å². The maximum absolute atomic E-state index is 13.0. The van der Waals surface area contributed by atoms with Crippen molar-refractivity contribution in [2.24, 2.45) is 11.8 Å². The zero-order valence-corrected chi connectivity index (χ0v) is 56.0. The van der Waals surface area contributed by atoms with Gasteiger partial charge in [0.05, 0.1) is 26.4 Å². The number of aliphatic hydroxyl groups excluding tert-OH is 1. The third-order valence-corrected chi connectivity index (χ3v) is 17.6. The lowest BCUT2D eigenvalue weighted by molar-refractivity contribution is -0.161. The monoisotopic (exact) mass is 1240 g/mol. The summed E-state index contributed by atoms with van der Waals surface area (Å²) in [5, 5.41) is 10.5. The van der Waals surface area contributed by atoms with Gasteiger partial charge in [-0.05, 0) is 37.5 Å². The first-order valence-electron chi connectivity index (χ1n) is 34.1. The lowest BCUT2D eigenvalue weighted by atomic mass is 9.99. The number of rotatable bonds is 64. The zero-order valence-electron chi connectivity index (χ0n) is 54.2. The molecule has 0 aliphatic rings. The van der Waals surface area contributed by atoms with E-state index in [0.717, 1.165) is 108 Å². The van der Waals surface area contributed by atoms with Gasteiger partial charge in [-0.2, -0.15) is 0 Å². The van der Waals surface area contributed by atoms with Crippen LogP contribution in [0.25, 0.3) is 0 Å². The molecule has 498 valence electrons. The molecular formula is C65H126O17P2. The number of carbonyl (C=O) groups excluding carboxylic acids is 4. The van der Waals surface area contributed by atoms with Crippen molar-refractivity contribution in [1.82, 2.24) is 0 Å². The van der Waals surface area contributed by atoms with Crippen LogP contribution in [-0.2, 0) is 65.4 Å². The number of hydrogen-bond acceptors (Lipinski definition) is 15. The zero-order chi connectivity index (χ0) is 62.2. The standard InChI is InChI=1S/C65H126O17P2/c1-7-11-13-15-17-19-20-21-22-31-37-43-49-64(69)81-60(53-75-62(67)47-41-35-29-18-16-14-12-8-2)55-79-83(71,72)77-51-59(66)52-78-84(73,74)80-56-61(82-65(70)50-44-38-32-26-24-28-34-40-46-58(6)10-4)54-76-63(68)48-42-36-30-25-23-27-33-39-45-57(5)9-3/h57-61,66H,7-56H2,1-6H3,(H,71,72)(H,73,74)/t57?,58?,59-,60+,61+/m0/s1. The van der Waals surface area contributed by atoms with Crippen LogP contribution in [0.5, 0.6) is 0 Å². The molecule has 0 bridgehead atoms. The highest BCUT2D eigenvalue weighted by molar-refractivity contribution is 7.47. The number of esters is 4. The van der Waals surface area contributed by atoms with E-state index in [-0.39, 0.29) is 25.7 Å². The predicted octanol–water partition coefficient (Wildman–Crippen LogP) is 18.0. The van der Waals surface area contributed by atoms with Gasteiger partial charge in [-0.3, -0.25) is 37.3 Å². The Bertz CT molecular complexity index is 1650. The molecule has 4 unspecified atom stereocenters. The summed E-state index contributed by atoms with van der Waals surface area (Å²) < 4.78 is 68.0. The van der Waals surface area contributed by atoms with Crippen molar-refractivity contribution < 1.29 is 80.2 Å². The molecule has 0 heterocycles. The van der Waals surface area contributed by atoms with Gasteiger partial charge in [-0.1, -0.05) is 273 Å². The SMILES string of the molecule is CCCCCCCCCCCCCCC(=O)O[C@H](COC(=O)CCCCCCCCCC)COP(=O)(O)OC[C@H](O)COP(=O)(O)OC[C@@H](COC(=O)CCCCCCCCCCC(C)CC)OC(=O)CCCCCCCCCCC(C)CC.